The highest BCUT2D eigenvalue weighted by Gasteiger charge is 2.07. The Hall–Kier alpha value is -1.12. The highest BCUT2D eigenvalue weighted by atomic mass is 16.5. The van der Waals surface area contributed by atoms with Gasteiger partial charge in [0.1, 0.15) is 5.76 Å². The van der Waals surface area contributed by atoms with Crippen LogP contribution in [-0.2, 0) is 14.2 Å². The molecule has 0 amide bonds. The van der Waals surface area contributed by atoms with Crippen LogP contribution in [0.4, 0.5) is 0 Å². The van der Waals surface area contributed by atoms with E-state index in [1.165, 1.54) is 7.11 Å². The Labute approximate surface area is 67.3 Å². The van der Waals surface area contributed by atoms with Crippen molar-refractivity contribution in [2.75, 3.05) is 21.3 Å². The van der Waals surface area contributed by atoms with E-state index in [4.69, 9.17) is 14.2 Å². The summed E-state index contributed by atoms with van der Waals surface area (Å²) in [5.74, 6) is 1.65. The second-order valence-corrected chi connectivity index (χ2v) is 1.92. The standard InChI is InChI=1S/C8H14O3/c1-6(9-3)8(11-5)7(2)10-4/h1H2,2-5H3/b8-7-. The molecule has 0 bridgehead atoms. The Morgan fingerprint density at radius 1 is 1.00 bits per heavy atom. The van der Waals surface area contributed by atoms with Crippen molar-refractivity contribution < 1.29 is 14.2 Å². The summed E-state index contributed by atoms with van der Waals surface area (Å²) < 4.78 is 14.8. The minimum Gasteiger partial charge on any atom is -0.497 e. The summed E-state index contributed by atoms with van der Waals surface area (Å²) in [5, 5.41) is 0. The van der Waals surface area contributed by atoms with Crippen LogP contribution in [0.1, 0.15) is 6.92 Å². The first kappa shape index (κ1) is 9.88. The third kappa shape index (κ3) is 2.53. The SMILES string of the molecule is C=C(OC)/C(OC)=C(\C)OC. The molecule has 0 N–H and O–H groups in total. The molecule has 0 aliphatic heterocycles. The van der Waals surface area contributed by atoms with Crippen LogP contribution < -0.4 is 0 Å². The van der Waals surface area contributed by atoms with Gasteiger partial charge in [-0.05, 0) is 6.92 Å². The summed E-state index contributed by atoms with van der Waals surface area (Å²) in [6, 6.07) is 0. The molecular weight excluding hydrogens is 144 g/mol. The van der Waals surface area contributed by atoms with Gasteiger partial charge in [-0.25, -0.2) is 0 Å². The Kier molecular flexibility index (Phi) is 4.18. The first-order chi connectivity index (χ1) is 5.17. The first-order valence-corrected chi connectivity index (χ1v) is 3.19. The van der Waals surface area contributed by atoms with Gasteiger partial charge in [-0.2, -0.15) is 0 Å². The van der Waals surface area contributed by atoms with Crippen LogP contribution in [0.15, 0.2) is 23.9 Å². The topological polar surface area (TPSA) is 27.7 Å². The normalized spacial score (nSPS) is 11.6. The zero-order valence-corrected chi connectivity index (χ0v) is 7.43. The summed E-state index contributed by atoms with van der Waals surface area (Å²) >= 11 is 0. The van der Waals surface area contributed by atoms with Gasteiger partial charge in [0, 0.05) is 0 Å². The number of methoxy groups -OCH3 is 3. The van der Waals surface area contributed by atoms with Crippen molar-refractivity contribution in [1.82, 2.24) is 0 Å². The fourth-order valence-corrected chi connectivity index (χ4v) is 0.639. The van der Waals surface area contributed by atoms with E-state index in [2.05, 4.69) is 6.58 Å². The van der Waals surface area contributed by atoms with E-state index >= 15 is 0 Å². The van der Waals surface area contributed by atoms with Crippen molar-refractivity contribution in [2.45, 2.75) is 6.92 Å². The van der Waals surface area contributed by atoms with E-state index in [9.17, 15) is 0 Å². The van der Waals surface area contributed by atoms with E-state index in [-0.39, 0.29) is 0 Å². The smallest absolute Gasteiger partial charge is 0.197 e. The first-order valence-electron chi connectivity index (χ1n) is 3.19. The average Bonchev–Trinajstić information content (AvgIpc) is 2.05. The lowest BCUT2D eigenvalue weighted by Gasteiger charge is -2.10. The summed E-state index contributed by atoms with van der Waals surface area (Å²) in [6.45, 7) is 5.41. The molecule has 0 spiro atoms. The summed E-state index contributed by atoms with van der Waals surface area (Å²) in [7, 11) is 4.64. The van der Waals surface area contributed by atoms with Crippen molar-refractivity contribution >= 4 is 0 Å². The lowest BCUT2D eigenvalue weighted by atomic mass is 10.4. The predicted octanol–water partition coefficient (Wildman–Crippen LogP) is 1.67. The molecule has 0 saturated carbocycles. The molecule has 0 radical (unpaired) electrons. The summed E-state index contributed by atoms with van der Waals surface area (Å²) in [5.41, 5.74) is 0. The minimum atomic E-state index is 0.465. The molecule has 0 fully saturated rings. The molecule has 0 atom stereocenters. The van der Waals surface area contributed by atoms with Crippen LogP contribution in [0.5, 0.6) is 0 Å². The Morgan fingerprint density at radius 2 is 1.55 bits per heavy atom. The monoisotopic (exact) mass is 158 g/mol. The van der Waals surface area contributed by atoms with Crippen LogP contribution in [0.3, 0.4) is 0 Å². The number of hydrogen-bond donors (Lipinski definition) is 0. The third-order valence-electron chi connectivity index (χ3n) is 1.33. The molecule has 0 aromatic rings. The van der Waals surface area contributed by atoms with E-state index < -0.39 is 0 Å². The zero-order chi connectivity index (χ0) is 8.85. The van der Waals surface area contributed by atoms with Gasteiger partial charge >= 0.3 is 0 Å². The maximum atomic E-state index is 4.99. The lowest BCUT2D eigenvalue weighted by molar-refractivity contribution is 0.187. The summed E-state index contributed by atoms with van der Waals surface area (Å²) in [4.78, 5) is 0. The highest BCUT2D eigenvalue weighted by Crippen LogP contribution is 2.14. The molecule has 64 valence electrons. The van der Waals surface area contributed by atoms with E-state index in [1.54, 1.807) is 21.1 Å². The Bertz CT molecular complexity index is 170. The van der Waals surface area contributed by atoms with E-state index in [1.807, 2.05) is 0 Å². The second kappa shape index (κ2) is 4.66. The number of rotatable bonds is 4. The van der Waals surface area contributed by atoms with Gasteiger partial charge in [0.25, 0.3) is 0 Å². The third-order valence-corrected chi connectivity index (χ3v) is 1.33. The molecule has 0 rings (SSSR count). The zero-order valence-electron chi connectivity index (χ0n) is 7.43. The summed E-state index contributed by atoms with van der Waals surface area (Å²) in [6.07, 6.45) is 0. The largest absolute Gasteiger partial charge is 0.497 e. The molecule has 3 nitrogen and oxygen atoms in total. The van der Waals surface area contributed by atoms with Gasteiger partial charge in [-0.3, -0.25) is 0 Å². The predicted molar refractivity (Wildman–Crippen MR) is 42.9 cm³/mol. The fraction of sp³-hybridized carbons (Fsp3) is 0.500. The molecule has 0 aromatic carbocycles. The van der Waals surface area contributed by atoms with E-state index in [0.29, 0.717) is 17.3 Å². The molecule has 0 heterocycles. The van der Waals surface area contributed by atoms with Crippen molar-refractivity contribution in [2.24, 2.45) is 0 Å². The van der Waals surface area contributed by atoms with Crippen molar-refractivity contribution in [3.05, 3.63) is 23.9 Å². The maximum absolute atomic E-state index is 4.99. The van der Waals surface area contributed by atoms with E-state index in [0.717, 1.165) is 0 Å². The lowest BCUT2D eigenvalue weighted by Crippen LogP contribution is -1.98. The van der Waals surface area contributed by atoms with Crippen LogP contribution in [0.2, 0.25) is 0 Å². The van der Waals surface area contributed by atoms with Gasteiger partial charge in [-0.15, -0.1) is 0 Å². The second-order valence-electron chi connectivity index (χ2n) is 1.92. The van der Waals surface area contributed by atoms with Gasteiger partial charge in [0.2, 0.25) is 0 Å². The van der Waals surface area contributed by atoms with Gasteiger partial charge in [0.05, 0.1) is 21.3 Å². The number of ether oxygens (including phenoxy) is 3. The van der Waals surface area contributed by atoms with Crippen LogP contribution in [-0.4, -0.2) is 21.3 Å². The molecule has 0 saturated heterocycles. The van der Waals surface area contributed by atoms with Gasteiger partial charge in [0.15, 0.2) is 11.5 Å². The minimum absolute atomic E-state index is 0.465. The maximum Gasteiger partial charge on any atom is 0.197 e. The van der Waals surface area contributed by atoms with Gasteiger partial charge < -0.3 is 14.2 Å². The molecule has 0 unspecified atom stereocenters. The van der Waals surface area contributed by atoms with Crippen molar-refractivity contribution in [3.8, 4) is 0 Å². The highest BCUT2D eigenvalue weighted by molar-refractivity contribution is 5.19. The Morgan fingerprint density at radius 3 is 1.82 bits per heavy atom. The molecular formula is C8H14O3. The van der Waals surface area contributed by atoms with Crippen LogP contribution in [0, 0.1) is 0 Å². The number of hydrogen-bond acceptors (Lipinski definition) is 3. The molecule has 0 aromatic heterocycles. The molecule has 11 heavy (non-hydrogen) atoms. The van der Waals surface area contributed by atoms with Crippen LogP contribution >= 0.6 is 0 Å². The van der Waals surface area contributed by atoms with Gasteiger partial charge in [-0.1, -0.05) is 6.58 Å². The van der Waals surface area contributed by atoms with Crippen LogP contribution in [0.25, 0.3) is 0 Å². The quantitative estimate of drug-likeness (QED) is 0.460. The molecule has 0 aliphatic rings. The number of allylic oxidation sites excluding steroid dienone is 1. The van der Waals surface area contributed by atoms with Crippen molar-refractivity contribution in [3.63, 3.8) is 0 Å². The molecule has 0 aliphatic carbocycles. The average molecular weight is 158 g/mol. The van der Waals surface area contributed by atoms with Crippen molar-refractivity contribution in [1.29, 1.82) is 0 Å². The fourth-order valence-electron chi connectivity index (χ4n) is 0.639. The molecule has 3 heteroatoms. The Balaban J connectivity index is 4.50.